The van der Waals surface area contributed by atoms with Crippen molar-refractivity contribution in [3.63, 3.8) is 0 Å². The van der Waals surface area contributed by atoms with E-state index < -0.39 is 0 Å². The van der Waals surface area contributed by atoms with Gasteiger partial charge in [0.2, 0.25) is 11.4 Å². The van der Waals surface area contributed by atoms with Crippen molar-refractivity contribution >= 4 is 0 Å². The fourth-order valence-electron chi connectivity index (χ4n) is 10.0. The van der Waals surface area contributed by atoms with Crippen LogP contribution in [0.25, 0.3) is 67.0 Å². The van der Waals surface area contributed by atoms with Gasteiger partial charge in [-0.2, -0.15) is 9.13 Å². The highest BCUT2D eigenvalue weighted by Crippen LogP contribution is 2.49. The molecule has 4 nitrogen and oxygen atoms in total. The second kappa shape index (κ2) is 17.6. The van der Waals surface area contributed by atoms with Gasteiger partial charge >= 0.3 is 0 Å². The summed E-state index contributed by atoms with van der Waals surface area (Å²) in [5, 5.41) is 0. The molecule has 9 rings (SSSR count). The molecule has 8 aromatic rings. The highest BCUT2D eigenvalue weighted by molar-refractivity contribution is 5.83. The number of aromatic nitrogens is 4. The molecule has 2 atom stereocenters. The number of pyridine rings is 4. The average molecular weight is 797 g/mol. The minimum Gasteiger partial charge on any atom is -0.264 e. The lowest BCUT2D eigenvalue weighted by atomic mass is 9.65. The highest BCUT2D eigenvalue weighted by Gasteiger charge is 2.50. The molecule has 0 radical (unpaired) electrons. The van der Waals surface area contributed by atoms with E-state index in [2.05, 4.69) is 187 Å². The van der Waals surface area contributed by atoms with E-state index >= 15 is 0 Å². The summed E-state index contributed by atoms with van der Waals surface area (Å²) in [4.78, 5) is 8.86. The molecule has 61 heavy (non-hydrogen) atoms. The third-order valence-corrected chi connectivity index (χ3v) is 13.3. The van der Waals surface area contributed by atoms with Crippen molar-refractivity contribution in [1.82, 2.24) is 9.97 Å². The zero-order valence-electron chi connectivity index (χ0n) is 36.1. The van der Waals surface area contributed by atoms with E-state index in [1.807, 2.05) is 36.9 Å². The summed E-state index contributed by atoms with van der Waals surface area (Å²) >= 11 is 0. The molecule has 1 aliphatic heterocycles. The molecular weight excluding hydrogens is 741 g/mol. The van der Waals surface area contributed by atoms with E-state index in [1.165, 1.54) is 68.7 Å². The molecule has 4 heteroatoms. The minimum absolute atomic E-state index is 0.00491. The van der Waals surface area contributed by atoms with Gasteiger partial charge in [0.15, 0.2) is 18.4 Å². The summed E-state index contributed by atoms with van der Waals surface area (Å²) in [7, 11) is 0. The number of hydrogen-bond acceptors (Lipinski definition) is 2. The SMILES string of the molecule is CCCCc1ccc2[n+](c1)C(CC)C(CC)(CC[n+]1ccccc1-c1cc(-c3cccc(-c4cc(-c5cccnc5)cc(-c5cccnc5)c4)c3)ccc1C)c1ccccc1-2. The fourth-order valence-corrected chi connectivity index (χ4v) is 10.0. The van der Waals surface area contributed by atoms with E-state index in [0.29, 0.717) is 6.04 Å². The Bertz CT molecular complexity index is 2740. The predicted molar refractivity (Wildman–Crippen MR) is 251 cm³/mol. The molecule has 0 spiro atoms. The van der Waals surface area contributed by atoms with Crippen molar-refractivity contribution in [3.05, 3.63) is 193 Å². The monoisotopic (exact) mass is 796 g/mol. The Labute approximate surface area is 362 Å². The van der Waals surface area contributed by atoms with Gasteiger partial charge in [-0.3, -0.25) is 9.97 Å². The molecule has 4 aromatic heterocycles. The van der Waals surface area contributed by atoms with Crippen LogP contribution < -0.4 is 9.13 Å². The lowest BCUT2D eigenvalue weighted by Gasteiger charge is -2.41. The summed E-state index contributed by atoms with van der Waals surface area (Å²) in [6.45, 7) is 10.3. The fraction of sp³-hybridized carbons (Fsp3) is 0.228. The summed E-state index contributed by atoms with van der Waals surface area (Å²) in [6.07, 6.45) is 19.1. The molecular formula is C57H56N4+2. The van der Waals surface area contributed by atoms with E-state index in [4.69, 9.17) is 0 Å². The van der Waals surface area contributed by atoms with Crippen molar-refractivity contribution in [2.45, 2.75) is 84.2 Å². The van der Waals surface area contributed by atoms with Crippen molar-refractivity contribution < 1.29 is 9.13 Å². The number of rotatable bonds is 13. The maximum Gasteiger partial charge on any atom is 0.213 e. The van der Waals surface area contributed by atoms with Gasteiger partial charge in [-0.15, -0.1) is 0 Å². The van der Waals surface area contributed by atoms with Crippen LogP contribution in [0.5, 0.6) is 0 Å². The Kier molecular flexibility index (Phi) is 11.5. The predicted octanol–water partition coefficient (Wildman–Crippen LogP) is 13.4. The summed E-state index contributed by atoms with van der Waals surface area (Å²) in [5.74, 6) is 0. The van der Waals surface area contributed by atoms with E-state index in [9.17, 15) is 0 Å². The molecule has 0 aliphatic carbocycles. The standard InChI is InChI=1S/C57H56N4/c1-5-8-16-42-25-27-55-51-21-9-10-22-53(51)57(7-3,56(6-2)61(55)40-42)28-32-60-31-12-11-23-54(60)52-37-45(26-24-41(52)4)43-17-13-18-44(33-43)48-34-49(46-19-14-29-58-38-46)36-50(35-48)47-20-15-30-59-39-47/h9-15,17-27,29-31,33-40,56H,5-8,16,28,32H2,1-4H3/q+2. The molecule has 4 aromatic carbocycles. The number of benzene rings is 4. The van der Waals surface area contributed by atoms with Gasteiger partial charge in [-0.25, -0.2) is 0 Å². The van der Waals surface area contributed by atoms with Gasteiger partial charge in [-0.1, -0.05) is 87.9 Å². The molecule has 2 unspecified atom stereocenters. The Morgan fingerprint density at radius 2 is 1.23 bits per heavy atom. The van der Waals surface area contributed by atoms with Crippen LogP contribution in [0.3, 0.4) is 0 Å². The Morgan fingerprint density at radius 1 is 0.574 bits per heavy atom. The number of aryl methyl sites for hydroxylation is 3. The largest absolute Gasteiger partial charge is 0.264 e. The number of fused-ring (bicyclic) bond motifs is 3. The van der Waals surface area contributed by atoms with Crippen LogP contribution in [0.1, 0.15) is 75.6 Å². The van der Waals surface area contributed by atoms with Crippen LogP contribution in [-0.4, -0.2) is 9.97 Å². The topological polar surface area (TPSA) is 33.5 Å². The molecule has 302 valence electrons. The zero-order chi connectivity index (χ0) is 41.8. The molecule has 0 saturated carbocycles. The first kappa shape index (κ1) is 39.9. The van der Waals surface area contributed by atoms with E-state index in [0.717, 1.165) is 60.0 Å². The highest BCUT2D eigenvalue weighted by atomic mass is 15.0. The molecule has 1 aliphatic rings. The van der Waals surface area contributed by atoms with Crippen LogP contribution in [0.4, 0.5) is 0 Å². The molecule has 0 fully saturated rings. The summed E-state index contributed by atoms with van der Waals surface area (Å²) < 4.78 is 5.17. The van der Waals surface area contributed by atoms with Crippen molar-refractivity contribution in [2.24, 2.45) is 0 Å². The lowest BCUT2D eigenvalue weighted by molar-refractivity contribution is -0.730. The zero-order valence-corrected chi connectivity index (χ0v) is 36.1. The van der Waals surface area contributed by atoms with Gasteiger partial charge in [0, 0.05) is 78.1 Å². The van der Waals surface area contributed by atoms with Crippen LogP contribution in [0.2, 0.25) is 0 Å². The maximum absolute atomic E-state index is 4.43. The van der Waals surface area contributed by atoms with Crippen LogP contribution in [-0.2, 0) is 18.4 Å². The quantitative estimate of drug-likeness (QED) is 0.109. The third-order valence-electron chi connectivity index (χ3n) is 13.3. The van der Waals surface area contributed by atoms with Gasteiger partial charge in [0.25, 0.3) is 0 Å². The van der Waals surface area contributed by atoms with Gasteiger partial charge in [-0.05, 0) is 131 Å². The normalized spacial score (nSPS) is 15.6. The number of unbranched alkanes of at least 4 members (excludes halogenated alkanes) is 1. The smallest absolute Gasteiger partial charge is 0.213 e. The van der Waals surface area contributed by atoms with Gasteiger partial charge in [0.05, 0.1) is 11.0 Å². The van der Waals surface area contributed by atoms with Crippen LogP contribution in [0.15, 0.2) is 177 Å². The van der Waals surface area contributed by atoms with Crippen molar-refractivity contribution in [1.29, 1.82) is 0 Å². The molecule has 0 bridgehead atoms. The minimum atomic E-state index is -0.00491. The molecule has 0 N–H and O–H groups in total. The average Bonchev–Trinajstić information content (AvgIpc) is 3.33. The van der Waals surface area contributed by atoms with Crippen molar-refractivity contribution in [2.75, 3.05) is 0 Å². The van der Waals surface area contributed by atoms with E-state index in [-0.39, 0.29) is 5.41 Å². The van der Waals surface area contributed by atoms with Gasteiger partial charge < -0.3 is 0 Å². The second-order valence-electron chi connectivity index (χ2n) is 16.8. The molecule has 0 amide bonds. The Balaban J connectivity index is 1.06. The lowest BCUT2D eigenvalue weighted by Crippen LogP contribution is -2.57. The first-order valence-corrected chi connectivity index (χ1v) is 22.3. The van der Waals surface area contributed by atoms with Crippen LogP contribution >= 0.6 is 0 Å². The first-order valence-electron chi connectivity index (χ1n) is 22.3. The Hall–Kier alpha value is -6.52. The molecule has 0 saturated heterocycles. The third kappa shape index (κ3) is 7.84. The summed E-state index contributed by atoms with van der Waals surface area (Å²) in [6, 6.07) is 52.1. The number of nitrogens with zero attached hydrogens (tertiary/aromatic N) is 4. The maximum atomic E-state index is 4.43. The first-order chi connectivity index (χ1) is 30.0. The molecule has 5 heterocycles. The van der Waals surface area contributed by atoms with E-state index in [1.54, 1.807) is 0 Å². The number of hydrogen-bond donors (Lipinski definition) is 0. The van der Waals surface area contributed by atoms with Crippen molar-refractivity contribution in [3.8, 4) is 67.0 Å². The second-order valence-corrected chi connectivity index (χ2v) is 16.8. The van der Waals surface area contributed by atoms with Crippen LogP contribution in [0, 0.1) is 6.92 Å². The van der Waals surface area contributed by atoms with Gasteiger partial charge in [0.1, 0.15) is 6.54 Å². The Morgan fingerprint density at radius 3 is 1.92 bits per heavy atom. The summed E-state index contributed by atoms with van der Waals surface area (Å²) in [5.41, 5.74) is 18.6.